The van der Waals surface area contributed by atoms with Crippen LogP contribution in [0.1, 0.15) is 25.7 Å². The van der Waals surface area contributed by atoms with E-state index in [-0.39, 0.29) is 0 Å². The molecule has 0 unspecified atom stereocenters. The van der Waals surface area contributed by atoms with Crippen molar-refractivity contribution in [2.75, 3.05) is 0 Å². The van der Waals surface area contributed by atoms with Crippen molar-refractivity contribution in [1.82, 2.24) is 0 Å². The third-order valence-electron chi connectivity index (χ3n) is 1.66. The summed E-state index contributed by atoms with van der Waals surface area (Å²) in [5.41, 5.74) is 4.06. The number of hydrogen-bond donors (Lipinski definition) is 0. The molecule has 48 valence electrons. The van der Waals surface area contributed by atoms with Crippen LogP contribution >= 0.6 is 0 Å². The second-order valence-electron chi connectivity index (χ2n) is 2.32. The first kappa shape index (κ1) is 6.31. The van der Waals surface area contributed by atoms with Crippen LogP contribution in [0.15, 0.2) is 17.9 Å². The summed E-state index contributed by atoms with van der Waals surface area (Å²) < 4.78 is 0. The molecule has 1 aliphatic rings. The topological polar surface area (TPSA) is 17.1 Å². The number of allylic oxidation sites excluding steroid dienone is 1. The lowest BCUT2D eigenvalue weighted by Crippen LogP contribution is -2.04. The van der Waals surface area contributed by atoms with E-state index in [9.17, 15) is 4.79 Å². The van der Waals surface area contributed by atoms with Gasteiger partial charge in [-0.2, -0.15) is 0 Å². The Hall–Kier alpha value is -0.810. The fraction of sp³-hybridized carbons (Fsp3) is 0.500. The molecule has 0 N–H and O–H groups in total. The van der Waals surface area contributed by atoms with Gasteiger partial charge < -0.3 is 0 Å². The molecule has 0 atom stereocenters. The van der Waals surface area contributed by atoms with Crippen LogP contribution in [0.4, 0.5) is 0 Å². The van der Waals surface area contributed by atoms with Crippen molar-refractivity contribution in [3.05, 3.63) is 17.9 Å². The minimum Gasteiger partial charge on any atom is -0.300 e. The normalized spacial score (nSPS) is 19.6. The molecule has 0 spiro atoms. The van der Waals surface area contributed by atoms with Gasteiger partial charge in [0.05, 0.1) is 0 Å². The second kappa shape index (κ2) is 2.65. The van der Waals surface area contributed by atoms with Crippen LogP contribution in [0.5, 0.6) is 0 Å². The fourth-order valence-electron chi connectivity index (χ4n) is 1.01. The van der Waals surface area contributed by atoms with E-state index < -0.39 is 0 Å². The van der Waals surface area contributed by atoms with E-state index in [1.54, 1.807) is 0 Å². The molecule has 0 aromatic heterocycles. The fourth-order valence-corrected chi connectivity index (χ4v) is 1.01. The minimum atomic E-state index is 0.383. The molecule has 1 aliphatic carbocycles. The zero-order valence-corrected chi connectivity index (χ0v) is 5.44. The lowest BCUT2D eigenvalue weighted by atomic mass is 9.95. The van der Waals surface area contributed by atoms with E-state index in [0.717, 1.165) is 12.8 Å². The van der Waals surface area contributed by atoms with Crippen molar-refractivity contribution in [3.63, 3.8) is 0 Å². The zero-order valence-electron chi connectivity index (χ0n) is 5.44. The van der Waals surface area contributed by atoms with Gasteiger partial charge in [-0.25, -0.2) is 0 Å². The Morgan fingerprint density at radius 1 is 1.22 bits per heavy atom. The molecule has 0 bridgehead atoms. The molecule has 9 heavy (non-hydrogen) atoms. The summed E-state index contributed by atoms with van der Waals surface area (Å²) in [5, 5.41) is 0. The van der Waals surface area contributed by atoms with Gasteiger partial charge in [-0.1, -0.05) is 6.58 Å². The molecule has 1 heteroatoms. The summed E-state index contributed by atoms with van der Waals surface area (Å²) in [7, 11) is 0. The largest absolute Gasteiger partial charge is 0.300 e. The van der Waals surface area contributed by atoms with Crippen LogP contribution in [-0.4, -0.2) is 5.78 Å². The third-order valence-corrected chi connectivity index (χ3v) is 1.66. The van der Waals surface area contributed by atoms with Gasteiger partial charge in [-0.15, -0.1) is 5.73 Å². The van der Waals surface area contributed by atoms with Crippen molar-refractivity contribution >= 4 is 5.78 Å². The standard InChI is InChI=1S/C8H10O/c1-2-7-3-5-8(9)6-4-7/h1,3-6H2. The molecule has 1 nitrogen and oxygen atoms in total. The van der Waals surface area contributed by atoms with E-state index in [0.29, 0.717) is 18.6 Å². The SMILES string of the molecule is C=C=C1CCC(=O)CC1. The number of rotatable bonds is 0. The van der Waals surface area contributed by atoms with Gasteiger partial charge in [0.2, 0.25) is 0 Å². The monoisotopic (exact) mass is 122 g/mol. The predicted octanol–water partition coefficient (Wildman–Crippen LogP) is 1.84. The van der Waals surface area contributed by atoms with Gasteiger partial charge in [0, 0.05) is 12.8 Å². The molecular weight excluding hydrogens is 112 g/mol. The van der Waals surface area contributed by atoms with E-state index in [1.807, 2.05) is 0 Å². The van der Waals surface area contributed by atoms with Crippen molar-refractivity contribution in [2.45, 2.75) is 25.7 Å². The smallest absolute Gasteiger partial charge is 0.133 e. The first-order valence-corrected chi connectivity index (χ1v) is 3.22. The molecular formula is C8H10O. The van der Waals surface area contributed by atoms with E-state index in [2.05, 4.69) is 12.3 Å². The average Bonchev–Trinajstić information content (AvgIpc) is 1.90. The molecule has 0 aromatic carbocycles. The Balaban J connectivity index is 2.53. The van der Waals surface area contributed by atoms with Crippen LogP contribution in [0.3, 0.4) is 0 Å². The number of carbonyl (C=O) groups excluding carboxylic acids is 1. The Bertz CT molecular complexity index is 161. The quantitative estimate of drug-likeness (QED) is 0.448. The maximum Gasteiger partial charge on any atom is 0.133 e. The summed E-state index contributed by atoms with van der Waals surface area (Å²) in [4.78, 5) is 10.7. The van der Waals surface area contributed by atoms with Gasteiger partial charge in [0.25, 0.3) is 0 Å². The van der Waals surface area contributed by atoms with Crippen molar-refractivity contribution < 1.29 is 4.79 Å². The molecule has 0 radical (unpaired) electrons. The van der Waals surface area contributed by atoms with Gasteiger partial charge >= 0.3 is 0 Å². The lowest BCUT2D eigenvalue weighted by Gasteiger charge is -2.09. The van der Waals surface area contributed by atoms with Crippen LogP contribution in [0.25, 0.3) is 0 Å². The average molecular weight is 122 g/mol. The maximum absolute atomic E-state index is 10.7. The van der Waals surface area contributed by atoms with Crippen LogP contribution in [0, 0.1) is 0 Å². The first-order chi connectivity index (χ1) is 4.33. The summed E-state index contributed by atoms with van der Waals surface area (Å²) >= 11 is 0. The highest BCUT2D eigenvalue weighted by Gasteiger charge is 2.10. The van der Waals surface area contributed by atoms with Crippen LogP contribution in [0.2, 0.25) is 0 Å². The van der Waals surface area contributed by atoms with E-state index in [1.165, 1.54) is 5.57 Å². The summed E-state index contributed by atoms with van der Waals surface area (Å²) in [6, 6.07) is 0. The van der Waals surface area contributed by atoms with Crippen LogP contribution < -0.4 is 0 Å². The Morgan fingerprint density at radius 3 is 2.22 bits per heavy atom. The summed E-state index contributed by atoms with van der Waals surface area (Å²) in [5.74, 6) is 0.383. The third kappa shape index (κ3) is 1.55. The van der Waals surface area contributed by atoms with Gasteiger partial charge in [-0.3, -0.25) is 4.79 Å². The second-order valence-corrected chi connectivity index (χ2v) is 2.32. The Kier molecular flexibility index (Phi) is 1.86. The highest BCUT2D eigenvalue weighted by atomic mass is 16.1. The maximum atomic E-state index is 10.7. The van der Waals surface area contributed by atoms with E-state index >= 15 is 0 Å². The molecule has 0 aromatic rings. The molecule has 0 heterocycles. The van der Waals surface area contributed by atoms with Gasteiger partial charge in [-0.05, 0) is 18.4 Å². The summed E-state index contributed by atoms with van der Waals surface area (Å²) in [6.45, 7) is 3.54. The first-order valence-electron chi connectivity index (χ1n) is 3.22. The summed E-state index contributed by atoms with van der Waals surface area (Å²) in [6.07, 6.45) is 3.19. The molecule has 0 amide bonds. The molecule has 1 fully saturated rings. The van der Waals surface area contributed by atoms with Crippen LogP contribution in [-0.2, 0) is 4.79 Å². The molecule has 1 saturated carbocycles. The number of ketones is 1. The number of carbonyl (C=O) groups is 1. The lowest BCUT2D eigenvalue weighted by molar-refractivity contribution is -0.119. The van der Waals surface area contributed by atoms with Crippen molar-refractivity contribution in [2.24, 2.45) is 0 Å². The Morgan fingerprint density at radius 2 is 1.78 bits per heavy atom. The minimum absolute atomic E-state index is 0.383. The van der Waals surface area contributed by atoms with Crippen molar-refractivity contribution in [1.29, 1.82) is 0 Å². The van der Waals surface area contributed by atoms with Gasteiger partial charge in [0.15, 0.2) is 0 Å². The number of Topliss-reactive ketones (excluding diaryl/α,β-unsaturated/α-hetero) is 1. The molecule has 0 saturated heterocycles. The zero-order chi connectivity index (χ0) is 6.69. The van der Waals surface area contributed by atoms with Gasteiger partial charge in [0.1, 0.15) is 5.78 Å². The Labute approximate surface area is 55.1 Å². The van der Waals surface area contributed by atoms with E-state index in [4.69, 9.17) is 0 Å². The molecule has 1 rings (SSSR count). The highest BCUT2D eigenvalue weighted by Crippen LogP contribution is 2.18. The number of hydrogen-bond acceptors (Lipinski definition) is 1. The molecule has 0 aliphatic heterocycles. The predicted molar refractivity (Wildman–Crippen MR) is 36.1 cm³/mol. The van der Waals surface area contributed by atoms with Crippen molar-refractivity contribution in [3.8, 4) is 0 Å². The highest BCUT2D eigenvalue weighted by molar-refractivity contribution is 5.79.